The zero-order valence-electron chi connectivity index (χ0n) is 15.4. The third-order valence-electron chi connectivity index (χ3n) is 3.24. The van der Waals surface area contributed by atoms with Crippen LogP contribution in [0.1, 0.15) is 18.3 Å². The number of carbonyl (C=O) groups is 1. The Balaban J connectivity index is 2.14. The summed E-state index contributed by atoms with van der Waals surface area (Å²) < 4.78 is 31.9. The van der Waals surface area contributed by atoms with Crippen LogP contribution in [0.4, 0.5) is 11.6 Å². The van der Waals surface area contributed by atoms with Crippen LogP contribution in [0.15, 0.2) is 40.3 Å². The van der Waals surface area contributed by atoms with Crippen LogP contribution in [0.5, 0.6) is 0 Å². The largest absolute Gasteiger partial charge is 0.461 e. The van der Waals surface area contributed by atoms with Crippen LogP contribution >= 0.6 is 0 Å². The summed E-state index contributed by atoms with van der Waals surface area (Å²) >= 11 is 0. The van der Waals surface area contributed by atoms with Crippen molar-refractivity contribution in [3.8, 4) is 6.07 Å². The Morgan fingerprint density at radius 2 is 1.82 bits per heavy atom. The molecule has 0 spiro atoms. The van der Waals surface area contributed by atoms with E-state index in [1.165, 1.54) is 24.3 Å². The van der Waals surface area contributed by atoms with Crippen LogP contribution < -0.4 is 10.1 Å². The van der Waals surface area contributed by atoms with Crippen LogP contribution in [0.2, 0.25) is 0 Å². The van der Waals surface area contributed by atoms with Gasteiger partial charge in [0, 0.05) is 11.4 Å². The number of nitriles is 1. The van der Waals surface area contributed by atoms with Gasteiger partial charge in [-0.3, -0.25) is 5.43 Å². The summed E-state index contributed by atoms with van der Waals surface area (Å²) in [5, 5.41) is 12.6. The molecule has 0 aliphatic carbocycles. The zero-order valence-corrected chi connectivity index (χ0v) is 16.2. The average molecular weight is 402 g/mol. The van der Waals surface area contributed by atoms with Gasteiger partial charge in [0.25, 0.3) is 10.0 Å². The first-order valence-corrected chi connectivity index (χ1v) is 9.59. The number of esters is 1. The topological polar surface area (TPSA) is 146 Å². The minimum atomic E-state index is -3.89. The molecule has 1 aromatic heterocycles. The number of aryl methyl sites for hydroxylation is 2. The number of hydrazone groups is 1. The predicted molar refractivity (Wildman–Crippen MR) is 102 cm³/mol. The summed E-state index contributed by atoms with van der Waals surface area (Å²) in [6.07, 6.45) is 0. The van der Waals surface area contributed by atoms with E-state index in [0.717, 1.165) is 0 Å². The summed E-state index contributed by atoms with van der Waals surface area (Å²) in [6, 6.07) is 8.88. The number of benzene rings is 1. The fraction of sp³-hybridized carbons (Fsp3) is 0.235. The number of anilines is 2. The molecule has 28 heavy (non-hydrogen) atoms. The fourth-order valence-corrected chi connectivity index (χ4v) is 3.04. The molecule has 0 fully saturated rings. The molecule has 0 atom stereocenters. The van der Waals surface area contributed by atoms with E-state index in [1.807, 2.05) is 0 Å². The molecule has 0 amide bonds. The lowest BCUT2D eigenvalue weighted by molar-refractivity contribution is -0.134. The number of hydrogen-bond acceptors (Lipinski definition) is 9. The first kappa shape index (κ1) is 20.8. The smallest absolute Gasteiger partial charge is 0.369 e. The second-order valence-corrected chi connectivity index (χ2v) is 7.19. The van der Waals surface area contributed by atoms with Gasteiger partial charge < -0.3 is 4.74 Å². The minimum absolute atomic E-state index is 0.0163. The van der Waals surface area contributed by atoms with Gasteiger partial charge in [0.2, 0.25) is 11.7 Å². The van der Waals surface area contributed by atoms with Crippen molar-refractivity contribution < 1.29 is 17.9 Å². The summed E-state index contributed by atoms with van der Waals surface area (Å²) in [7, 11) is -3.89. The SMILES string of the molecule is CCOC(=O)/C(C#N)=N/Nc1ccc(S(=O)(=O)Nc2nc(C)cc(C)n2)cc1. The molecule has 0 bridgehead atoms. The van der Waals surface area contributed by atoms with Crippen molar-refractivity contribution in [2.75, 3.05) is 16.8 Å². The molecule has 2 aromatic rings. The second kappa shape index (κ2) is 8.92. The highest BCUT2D eigenvalue weighted by atomic mass is 32.2. The number of rotatable bonds is 7. The van der Waals surface area contributed by atoms with Gasteiger partial charge in [0.1, 0.15) is 6.07 Å². The Morgan fingerprint density at radius 1 is 1.21 bits per heavy atom. The Labute approximate surface area is 162 Å². The molecule has 146 valence electrons. The van der Waals surface area contributed by atoms with Crippen molar-refractivity contribution in [3.05, 3.63) is 41.7 Å². The van der Waals surface area contributed by atoms with E-state index >= 15 is 0 Å². The van der Waals surface area contributed by atoms with Crippen LogP contribution in [-0.4, -0.2) is 36.7 Å². The molecule has 0 radical (unpaired) electrons. The molecule has 1 aromatic carbocycles. The molecule has 0 unspecified atom stereocenters. The molecule has 11 heteroatoms. The molecule has 2 N–H and O–H groups in total. The number of aromatic nitrogens is 2. The van der Waals surface area contributed by atoms with Gasteiger partial charge in [-0.2, -0.15) is 10.4 Å². The van der Waals surface area contributed by atoms with E-state index < -0.39 is 21.7 Å². The molecule has 0 aliphatic rings. The van der Waals surface area contributed by atoms with Crippen LogP contribution in [0.3, 0.4) is 0 Å². The first-order chi connectivity index (χ1) is 13.2. The number of carbonyl (C=O) groups excluding carboxylic acids is 1. The van der Waals surface area contributed by atoms with Crippen molar-refractivity contribution >= 4 is 33.3 Å². The Hall–Kier alpha value is -3.52. The maximum atomic E-state index is 12.5. The highest BCUT2D eigenvalue weighted by molar-refractivity contribution is 7.92. The number of nitrogens with zero attached hydrogens (tertiary/aromatic N) is 4. The van der Waals surface area contributed by atoms with E-state index in [0.29, 0.717) is 17.1 Å². The highest BCUT2D eigenvalue weighted by Gasteiger charge is 2.16. The van der Waals surface area contributed by atoms with E-state index in [1.54, 1.807) is 32.9 Å². The van der Waals surface area contributed by atoms with Gasteiger partial charge in [0.05, 0.1) is 17.2 Å². The summed E-state index contributed by atoms with van der Waals surface area (Å²) in [5.74, 6) is -0.869. The summed E-state index contributed by atoms with van der Waals surface area (Å²) in [4.78, 5) is 19.6. The second-order valence-electron chi connectivity index (χ2n) is 5.51. The maximum Gasteiger partial charge on any atom is 0.369 e. The van der Waals surface area contributed by atoms with Crippen molar-refractivity contribution in [1.29, 1.82) is 5.26 Å². The van der Waals surface area contributed by atoms with Gasteiger partial charge in [-0.1, -0.05) is 0 Å². The van der Waals surface area contributed by atoms with Gasteiger partial charge in [-0.05, 0) is 51.1 Å². The normalized spacial score (nSPS) is 11.4. The Kier molecular flexibility index (Phi) is 6.62. The van der Waals surface area contributed by atoms with Gasteiger partial charge in [0.15, 0.2) is 0 Å². The minimum Gasteiger partial charge on any atom is -0.461 e. The number of ether oxygens (including phenoxy) is 1. The first-order valence-electron chi connectivity index (χ1n) is 8.11. The van der Waals surface area contributed by atoms with Crippen molar-refractivity contribution in [3.63, 3.8) is 0 Å². The zero-order chi connectivity index (χ0) is 20.7. The fourth-order valence-electron chi connectivity index (χ4n) is 2.10. The molecule has 0 aliphatic heterocycles. The summed E-state index contributed by atoms with van der Waals surface area (Å²) in [5.41, 5.74) is 3.70. The average Bonchev–Trinajstić information content (AvgIpc) is 2.61. The van der Waals surface area contributed by atoms with E-state index in [9.17, 15) is 13.2 Å². The molecule has 1 heterocycles. The van der Waals surface area contributed by atoms with Crippen molar-refractivity contribution in [1.82, 2.24) is 9.97 Å². The van der Waals surface area contributed by atoms with E-state index in [4.69, 9.17) is 5.26 Å². The standard InChI is InChI=1S/C17H18N6O4S/c1-4-27-16(24)15(10-18)22-21-13-5-7-14(8-6-13)28(25,26)23-17-19-11(2)9-12(3)20-17/h5-9,21H,4H2,1-3H3,(H,19,20,23)/b22-15+. The van der Waals surface area contributed by atoms with Gasteiger partial charge >= 0.3 is 5.97 Å². The van der Waals surface area contributed by atoms with E-state index in [2.05, 4.69) is 30.0 Å². The monoisotopic (exact) mass is 402 g/mol. The molecule has 10 nitrogen and oxygen atoms in total. The number of sulfonamides is 1. The third kappa shape index (κ3) is 5.49. The van der Waals surface area contributed by atoms with Crippen LogP contribution in [-0.2, 0) is 19.6 Å². The summed E-state index contributed by atoms with van der Waals surface area (Å²) in [6.45, 7) is 5.19. The maximum absolute atomic E-state index is 12.5. The molecule has 0 saturated carbocycles. The quantitative estimate of drug-likeness (QED) is 0.404. The number of hydrogen-bond donors (Lipinski definition) is 2. The van der Waals surface area contributed by atoms with Gasteiger partial charge in [-0.25, -0.2) is 27.9 Å². The highest BCUT2D eigenvalue weighted by Crippen LogP contribution is 2.17. The van der Waals surface area contributed by atoms with Crippen molar-refractivity contribution in [2.24, 2.45) is 5.10 Å². The third-order valence-corrected chi connectivity index (χ3v) is 4.59. The molecular formula is C17H18N6O4S. The molecule has 2 rings (SSSR count). The number of nitrogens with one attached hydrogen (secondary N) is 2. The molecular weight excluding hydrogens is 384 g/mol. The lowest BCUT2D eigenvalue weighted by Crippen LogP contribution is -2.17. The Morgan fingerprint density at radius 3 is 2.36 bits per heavy atom. The van der Waals surface area contributed by atoms with Crippen LogP contribution in [0, 0.1) is 25.2 Å². The molecule has 0 saturated heterocycles. The lowest BCUT2D eigenvalue weighted by atomic mass is 10.3. The van der Waals surface area contributed by atoms with Crippen LogP contribution in [0.25, 0.3) is 0 Å². The lowest BCUT2D eigenvalue weighted by Gasteiger charge is -2.08. The Bertz CT molecular complexity index is 1020. The predicted octanol–water partition coefficient (Wildman–Crippen LogP) is 1.75. The van der Waals surface area contributed by atoms with E-state index in [-0.39, 0.29) is 17.5 Å². The van der Waals surface area contributed by atoms with Gasteiger partial charge in [-0.15, -0.1) is 0 Å². The van der Waals surface area contributed by atoms with Crippen molar-refractivity contribution in [2.45, 2.75) is 25.7 Å².